The van der Waals surface area contributed by atoms with E-state index in [9.17, 15) is 14.4 Å². The van der Waals surface area contributed by atoms with Crippen LogP contribution in [0.25, 0.3) is 5.78 Å². The van der Waals surface area contributed by atoms with Crippen molar-refractivity contribution in [1.29, 1.82) is 0 Å². The molecule has 9 nitrogen and oxygen atoms in total. The number of hydrogen-bond acceptors (Lipinski definition) is 5. The minimum Gasteiger partial charge on any atom is -0.346 e. The third kappa shape index (κ3) is 3.49. The Bertz CT molecular complexity index is 999. The summed E-state index contributed by atoms with van der Waals surface area (Å²) in [5, 5.41) is 2.86. The van der Waals surface area contributed by atoms with Crippen LogP contribution in [-0.4, -0.2) is 29.8 Å². The summed E-state index contributed by atoms with van der Waals surface area (Å²) in [6.07, 6.45) is 7.30. The fourth-order valence-electron chi connectivity index (χ4n) is 2.53. The Morgan fingerprint density at radius 3 is 2.88 bits per heavy atom. The normalized spacial score (nSPS) is 12.2. The number of hydrogen-bond donors (Lipinski definition) is 2. The van der Waals surface area contributed by atoms with Gasteiger partial charge in [-0.2, -0.15) is 0 Å². The van der Waals surface area contributed by atoms with Gasteiger partial charge in [-0.3, -0.25) is 23.5 Å². The standard InChI is InChI=1S/C16H18N6O3/c1-3-11(12-8-21-6-4-5-17-15(21)19-12)18-13(23)9-22-7-10(2)14(24)20-16(22)25/h4-8,11H,3,9H2,1-2H3,(H,18,23)(H,20,24,25)/t11-/m1/s1. The van der Waals surface area contributed by atoms with Gasteiger partial charge in [0.05, 0.1) is 11.7 Å². The van der Waals surface area contributed by atoms with Gasteiger partial charge in [-0.25, -0.2) is 14.8 Å². The highest BCUT2D eigenvalue weighted by Crippen LogP contribution is 2.15. The fraction of sp³-hybridized carbons (Fsp3) is 0.312. The molecule has 3 aromatic heterocycles. The summed E-state index contributed by atoms with van der Waals surface area (Å²) in [7, 11) is 0. The molecule has 9 heteroatoms. The Balaban J connectivity index is 1.77. The zero-order chi connectivity index (χ0) is 18.0. The molecule has 0 aromatic carbocycles. The lowest BCUT2D eigenvalue weighted by molar-refractivity contribution is -0.122. The van der Waals surface area contributed by atoms with E-state index in [0.717, 1.165) is 0 Å². The summed E-state index contributed by atoms with van der Waals surface area (Å²) >= 11 is 0. The van der Waals surface area contributed by atoms with Crippen molar-refractivity contribution in [1.82, 2.24) is 29.2 Å². The summed E-state index contributed by atoms with van der Waals surface area (Å²) in [5.41, 5.74) is -0.00793. The molecule has 130 valence electrons. The number of carbonyl (C=O) groups excluding carboxylic acids is 1. The molecule has 3 rings (SSSR count). The molecule has 0 radical (unpaired) electrons. The minimum atomic E-state index is -0.615. The monoisotopic (exact) mass is 342 g/mol. The van der Waals surface area contributed by atoms with Gasteiger partial charge in [0.1, 0.15) is 6.54 Å². The number of aromatic amines is 1. The maximum absolute atomic E-state index is 12.3. The summed E-state index contributed by atoms with van der Waals surface area (Å²) in [6, 6.07) is 1.50. The van der Waals surface area contributed by atoms with Gasteiger partial charge in [0.15, 0.2) is 0 Å². The molecule has 0 spiro atoms. The first-order chi connectivity index (χ1) is 12.0. The van der Waals surface area contributed by atoms with E-state index in [1.807, 2.05) is 19.3 Å². The minimum absolute atomic E-state index is 0.182. The van der Waals surface area contributed by atoms with Gasteiger partial charge in [-0.15, -0.1) is 0 Å². The Morgan fingerprint density at radius 2 is 2.16 bits per heavy atom. The molecule has 2 N–H and O–H groups in total. The van der Waals surface area contributed by atoms with Crippen molar-refractivity contribution in [2.24, 2.45) is 0 Å². The van der Waals surface area contributed by atoms with Crippen molar-refractivity contribution in [3.63, 3.8) is 0 Å². The van der Waals surface area contributed by atoms with E-state index < -0.39 is 11.2 Å². The van der Waals surface area contributed by atoms with Crippen molar-refractivity contribution < 1.29 is 4.79 Å². The van der Waals surface area contributed by atoms with Crippen LogP contribution in [0.5, 0.6) is 0 Å². The Labute approximate surface area is 142 Å². The van der Waals surface area contributed by atoms with Crippen LogP contribution >= 0.6 is 0 Å². The van der Waals surface area contributed by atoms with Gasteiger partial charge in [0.25, 0.3) is 5.56 Å². The highest BCUT2D eigenvalue weighted by Gasteiger charge is 2.17. The molecule has 0 bridgehead atoms. The van der Waals surface area contributed by atoms with E-state index in [1.54, 1.807) is 23.6 Å². The van der Waals surface area contributed by atoms with Crippen LogP contribution in [0, 0.1) is 6.92 Å². The predicted molar refractivity (Wildman–Crippen MR) is 90.2 cm³/mol. The zero-order valence-corrected chi connectivity index (χ0v) is 13.9. The van der Waals surface area contributed by atoms with Crippen molar-refractivity contribution in [2.45, 2.75) is 32.9 Å². The molecular weight excluding hydrogens is 324 g/mol. The van der Waals surface area contributed by atoms with Crippen LogP contribution < -0.4 is 16.6 Å². The number of amides is 1. The molecule has 1 atom stereocenters. The second-order valence-corrected chi connectivity index (χ2v) is 5.72. The number of aryl methyl sites for hydroxylation is 1. The fourth-order valence-corrected chi connectivity index (χ4v) is 2.53. The molecule has 0 fully saturated rings. The number of aromatic nitrogens is 5. The molecule has 0 saturated carbocycles. The molecule has 0 unspecified atom stereocenters. The molecule has 0 aliphatic carbocycles. The number of nitrogens with one attached hydrogen (secondary N) is 2. The number of imidazole rings is 1. The van der Waals surface area contributed by atoms with E-state index in [4.69, 9.17) is 0 Å². The maximum Gasteiger partial charge on any atom is 0.328 e. The lowest BCUT2D eigenvalue weighted by Gasteiger charge is -2.15. The number of H-pyrrole nitrogens is 1. The molecule has 3 aromatic rings. The summed E-state index contributed by atoms with van der Waals surface area (Å²) in [4.78, 5) is 46.2. The van der Waals surface area contributed by atoms with E-state index in [1.165, 1.54) is 10.8 Å². The maximum atomic E-state index is 12.3. The van der Waals surface area contributed by atoms with Gasteiger partial charge < -0.3 is 5.32 Å². The van der Waals surface area contributed by atoms with E-state index in [-0.39, 0.29) is 18.5 Å². The smallest absolute Gasteiger partial charge is 0.328 e. The van der Waals surface area contributed by atoms with Crippen molar-refractivity contribution in [3.05, 3.63) is 62.9 Å². The second-order valence-electron chi connectivity index (χ2n) is 5.72. The number of nitrogens with zero attached hydrogens (tertiary/aromatic N) is 4. The summed E-state index contributed by atoms with van der Waals surface area (Å²) < 4.78 is 2.95. The lowest BCUT2D eigenvalue weighted by atomic mass is 10.1. The first kappa shape index (κ1) is 16.6. The van der Waals surface area contributed by atoms with Crippen molar-refractivity contribution >= 4 is 11.7 Å². The number of fused-ring (bicyclic) bond motifs is 1. The van der Waals surface area contributed by atoms with Crippen LogP contribution in [-0.2, 0) is 11.3 Å². The predicted octanol–water partition coefficient (Wildman–Crippen LogP) is 0.155. The van der Waals surface area contributed by atoms with Gasteiger partial charge in [-0.1, -0.05) is 6.92 Å². The SMILES string of the molecule is CC[C@@H](NC(=O)Cn1cc(C)c(=O)[nH]c1=O)c1cn2cccnc2n1. The molecule has 0 aliphatic rings. The average molecular weight is 342 g/mol. The average Bonchev–Trinajstić information content (AvgIpc) is 3.01. The van der Waals surface area contributed by atoms with Gasteiger partial charge >= 0.3 is 5.69 Å². The molecule has 0 saturated heterocycles. The first-order valence-electron chi connectivity index (χ1n) is 7.87. The van der Waals surface area contributed by atoms with Crippen molar-refractivity contribution in [3.8, 4) is 0 Å². The van der Waals surface area contributed by atoms with Crippen LogP contribution in [0.3, 0.4) is 0 Å². The van der Waals surface area contributed by atoms with E-state index >= 15 is 0 Å². The van der Waals surface area contributed by atoms with Gasteiger partial charge in [0.2, 0.25) is 11.7 Å². The Hall–Kier alpha value is -3.23. The molecule has 1 amide bonds. The zero-order valence-electron chi connectivity index (χ0n) is 13.9. The van der Waals surface area contributed by atoms with E-state index in [0.29, 0.717) is 23.5 Å². The summed E-state index contributed by atoms with van der Waals surface area (Å²) in [6.45, 7) is 3.32. The Morgan fingerprint density at radius 1 is 1.36 bits per heavy atom. The highest BCUT2D eigenvalue weighted by atomic mass is 16.2. The van der Waals surface area contributed by atoms with Crippen LogP contribution in [0.2, 0.25) is 0 Å². The topological polar surface area (TPSA) is 114 Å². The number of rotatable bonds is 5. The van der Waals surface area contributed by atoms with Gasteiger partial charge in [0, 0.05) is 30.4 Å². The summed E-state index contributed by atoms with van der Waals surface area (Å²) in [5.74, 6) is 0.211. The second kappa shape index (κ2) is 6.71. The molecular formula is C16H18N6O3. The van der Waals surface area contributed by atoms with Crippen LogP contribution in [0.15, 0.2) is 40.4 Å². The van der Waals surface area contributed by atoms with Crippen LogP contribution in [0.4, 0.5) is 0 Å². The highest BCUT2D eigenvalue weighted by molar-refractivity contribution is 5.76. The first-order valence-corrected chi connectivity index (χ1v) is 7.87. The van der Waals surface area contributed by atoms with E-state index in [2.05, 4.69) is 20.3 Å². The Kier molecular flexibility index (Phi) is 4.46. The largest absolute Gasteiger partial charge is 0.346 e. The van der Waals surface area contributed by atoms with Crippen LogP contribution in [0.1, 0.15) is 30.6 Å². The number of carbonyl (C=O) groups is 1. The van der Waals surface area contributed by atoms with Gasteiger partial charge in [-0.05, 0) is 19.4 Å². The molecule has 0 aliphatic heterocycles. The quantitative estimate of drug-likeness (QED) is 0.685. The molecule has 3 heterocycles. The third-order valence-corrected chi connectivity index (χ3v) is 3.86. The lowest BCUT2D eigenvalue weighted by Crippen LogP contribution is -2.37. The third-order valence-electron chi connectivity index (χ3n) is 3.86. The van der Waals surface area contributed by atoms with Crippen molar-refractivity contribution in [2.75, 3.05) is 0 Å². The molecule has 25 heavy (non-hydrogen) atoms.